The van der Waals surface area contributed by atoms with E-state index in [0.717, 1.165) is 0 Å². The van der Waals surface area contributed by atoms with E-state index >= 15 is 0 Å². The molecule has 0 amide bonds. The number of aliphatic hydroxyl groups is 6. The lowest BCUT2D eigenvalue weighted by Crippen LogP contribution is -2.45. The fourth-order valence-electron chi connectivity index (χ4n) is 1.76. The van der Waals surface area contributed by atoms with Crippen LogP contribution in [0.2, 0.25) is 0 Å². The summed E-state index contributed by atoms with van der Waals surface area (Å²) in [6.45, 7) is 6.07. The number of hydrogen-bond acceptors (Lipinski definition) is 9. The zero-order chi connectivity index (χ0) is 19.2. The summed E-state index contributed by atoms with van der Waals surface area (Å²) in [4.78, 5) is 0. The summed E-state index contributed by atoms with van der Waals surface area (Å²) in [5, 5.41) is 58.1. The minimum Gasteiger partial charge on any atom is -0.388 e. The quantitative estimate of drug-likeness (QED) is 0.130. The van der Waals surface area contributed by atoms with Crippen molar-refractivity contribution in [2.45, 2.75) is 36.6 Å². The van der Waals surface area contributed by atoms with Gasteiger partial charge in [0.05, 0.1) is 39.6 Å². The fraction of sp³-hybridized carbons (Fsp3) is 0.750. The summed E-state index contributed by atoms with van der Waals surface area (Å²) < 4.78 is 14.9. The van der Waals surface area contributed by atoms with E-state index in [0.29, 0.717) is 0 Å². The van der Waals surface area contributed by atoms with Crippen LogP contribution >= 0.6 is 0 Å². The molecule has 6 unspecified atom stereocenters. The first-order chi connectivity index (χ1) is 11.8. The number of ether oxygens (including phenoxy) is 3. The molecule has 0 aromatic carbocycles. The highest BCUT2D eigenvalue weighted by atomic mass is 16.5. The van der Waals surface area contributed by atoms with Crippen LogP contribution in [0.25, 0.3) is 0 Å². The van der Waals surface area contributed by atoms with Crippen molar-refractivity contribution in [3.8, 4) is 0 Å². The van der Waals surface area contributed by atoms with Crippen LogP contribution in [0.4, 0.5) is 0 Å². The van der Waals surface area contributed by atoms with Gasteiger partial charge >= 0.3 is 0 Å². The Hall–Kier alpha value is -0.880. The van der Waals surface area contributed by atoms with Crippen molar-refractivity contribution in [3.63, 3.8) is 0 Å². The van der Waals surface area contributed by atoms with E-state index < -0.39 is 49.8 Å². The average molecular weight is 366 g/mol. The molecule has 0 bridgehead atoms. The summed E-state index contributed by atoms with van der Waals surface area (Å²) in [5.41, 5.74) is 0. The van der Waals surface area contributed by atoms with Crippen molar-refractivity contribution < 1.29 is 44.8 Å². The van der Waals surface area contributed by atoms with E-state index in [2.05, 4.69) is 13.2 Å². The molecule has 0 heterocycles. The SMILES string of the molecule is C=CCOCC(O)C(O)C(O)COCC(O)C(O)C(O)COCC=C. The van der Waals surface area contributed by atoms with Gasteiger partial charge in [-0.25, -0.2) is 0 Å². The minimum atomic E-state index is -1.51. The molecule has 0 saturated heterocycles. The maximum Gasteiger partial charge on any atom is 0.110 e. The first kappa shape index (κ1) is 24.1. The summed E-state index contributed by atoms with van der Waals surface area (Å²) in [6, 6.07) is 0. The second kappa shape index (κ2) is 14.3. The molecule has 0 fully saturated rings. The highest BCUT2D eigenvalue weighted by Gasteiger charge is 2.27. The number of rotatable bonds is 16. The molecule has 0 aliphatic heterocycles. The maximum absolute atomic E-state index is 9.71. The Morgan fingerprint density at radius 1 is 0.560 bits per heavy atom. The van der Waals surface area contributed by atoms with Crippen LogP contribution in [0.5, 0.6) is 0 Å². The second-order valence-corrected chi connectivity index (χ2v) is 5.44. The van der Waals surface area contributed by atoms with Crippen LogP contribution in [0.15, 0.2) is 25.3 Å². The third-order valence-corrected chi connectivity index (χ3v) is 3.20. The molecular formula is C16H30O9. The standard InChI is InChI=1S/C16H30O9/c1-3-5-23-7-11(17)15(21)13(19)9-25-10-14(20)16(22)12(18)8-24-6-4-2/h3-4,11-22H,1-2,5-10H2. The van der Waals surface area contributed by atoms with Crippen molar-refractivity contribution in [1.29, 1.82) is 0 Å². The summed E-state index contributed by atoms with van der Waals surface area (Å²) in [6.07, 6.45) is -5.56. The molecule has 0 aromatic rings. The van der Waals surface area contributed by atoms with Crippen LogP contribution < -0.4 is 0 Å². The van der Waals surface area contributed by atoms with Crippen LogP contribution in [0, 0.1) is 0 Å². The van der Waals surface area contributed by atoms with Crippen LogP contribution in [0.3, 0.4) is 0 Å². The lowest BCUT2D eigenvalue weighted by Gasteiger charge is -2.25. The minimum absolute atomic E-state index is 0.192. The van der Waals surface area contributed by atoms with E-state index in [9.17, 15) is 30.6 Å². The second-order valence-electron chi connectivity index (χ2n) is 5.44. The maximum atomic E-state index is 9.71. The van der Waals surface area contributed by atoms with Crippen molar-refractivity contribution in [2.24, 2.45) is 0 Å². The largest absolute Gasteiger partial charge is 0.388 e. The monoisotopic (exact) mass is 366 g/mol. The molecule has 6 N–H and O–H groups in total. The van der Waals surface area contributed by atoms with Gasteiger partial charge in [-0.15, -0.1) is 13.2 Å². The Bertz CT molecular complexity index is 320. The average Bonchev–Trinajstić information content (AvgIpc) is 2.60. The lowest BCUT2D eigenvalue weighted by molar-refractivity contribution is -0.130. The van der Waals surface area contributed by atoms with Crippen molar-refractivity contribution in [2.75, 3.05) is 39.6 Å². The van der Waals surface area contributed by atoms with Gasteiger partial charge < -0.3 is 44.8 Å². The van der Waals surface area contributed by atoms with Gasteiger partial charge in [-0.05, 0) is 0 Å². The molecule has 6 atom stereocenters. The van der Waals surface area contributed by atoms with Crippen molar-refractivity contribution in [1.82, 2.24) is 0 Å². The van der Waals surface area contributed by atoms with Gasteiger partial charge in [-0.2, -0.15) is 0 Å². The Kier molecular flexibility index (Phi) is 13.8. The number of hydrogen-bond donors (Lipinski definition) is 6. The van der Waals surface area contributed by atoms with Crippen molar-refractivity contribution in [3.05, 3.63) is 25.3 Å². The van der Waals surface area contributed by atoms with E-state index in [4.69, 9.17) is 14.2 Å². The van der Waals surface area contributed by atoms with Gasteiger partial charge in [0.2, 0.25) is 0 Å². The predicted octanol–water partition coefficient (Wildman–Crippen LogP) is -2.43. The molecule has 0 radical (unpaired) electrons. The predicted molar refractivity (Wildman–Crippen MR) is 88.9 cm³/mol. The van der Waals surface area contributed by atoms with Gasteiger partial charge in [-0.3, -0.25) is 0 Å². The smallest absolute Gasteiger partial charge is 0.110 e. The first-order valence-electron chi connectivity index (χ1n) is 7.88. The van der Waals surface area contributed by atoms with Gasteiger partial charge in [0.25, 0.3) is 0 Å². The highest BCUT2D eigenvalue weighted by molar-refractivity contribution is 4.78. The highest BCUT2D eigenvalue weighted by Crippen LogP contribution is 2.05. The first-order valence-corrected chi connectivity index (χ1v) is 7.88. The van der Waals surface area contributed by atoms with Crippen LogP contribution in [-0.2, 0) is 14.2 Å². The van der Waals surface area contributed by atoms with E-state index in [1.807, 2.05) is 0 Å². The topological polar surface area (TPSA) is 149 Å². The molecule has 0 rings (SSSR count). The van der Waals surface area contributed by atoms with E-state index in [1.54, 1.807) is 0 Å². The van der Waals surface area contributed by atoms with Crippen LogP contribution in [0.1, 0.15) is 0 Å². The molecule has 148 valence electrons. The number of aliphatic hydroxyl groups excluding tert-OH is 6. The molecule has 0 aromatic heterocycles. The Balaban J connectivity index is 4.05. The summed E-state index contributed by atoms with van der Waals surface area (Å²) in [5.74, 6) is 0. The zero-order valence-electron chi connectivity index (χ0n) is 14.2. The third kappa shape index (κ3) is 10.6. The molecule has 0 saturated carbocycles. The fourth-order valence-corrected chi connectivity index (χ4v) is 1.76. The van der Waals surface area contributed by atoms with Gasteiger partial charge in [0.15, 0.2) is 0 Å². The molecule has 0 aliphatic carbocycles. The molecular weight excluding hydrogens is 336 g/mol. The molecule has 9 heteroatoms. The summed E-state index contributed by atoms with van der Waals surface area (Å²) in [7, 11) is 0. The van der Waals surface area contributed by atoms with Gasteiger partial charge in [0.1, 0.15) is 36.6 Å². The van der Waals surface area contributed by atoms with Gasteiger partial charge in [0, 0.05) is 0 Å². The molecule has 25 heavy (non-hydrogen) atoms. The lowest BCUT2D eigenvalue weighted by atomic mass is 10.1. The Morgan fingerprint density at radius 2 is 0.840 bits per heavy atom. The van der Waals surface area contributed by atoms with E-state index in [1.165, 1.54) is 12.2 Å². The zero-order valence-corrected chi connectivity index (χ0v) is 14.2. The van der Waals surface area contributed by atoms with Crippen molar-refractivity contribution >= 4 is 0 Å². The van der Waals surface area contributed by atoms with Gasteiger partial charge in [-0.1, -0.05) is 12.2 Å². The van der Waals surface area contributed by atoms with Crippen LogP contribution in [-0.4, -0.2) is 107 Å². The molecule has 9 nitrogen and oxygen atoms in total. The normalized spacial score (nSPS) is 18.8. The third-order valence-electron chi connectivity index (χ3n) is 3.20. The summed E-state index contributed by atoms with van der Waals surface area (Å²) >= 11 is 0. The van der Waals surface area contributed by atoms with E-state index in [-0.39, 0.29) is 26.4 Å². The molecule has 0 spiro atoms. The Morgan fingerprint density at radius 3 is 1.12 bits per heavy atom. The molecule has 0 aliphatic rings. The Labute approximate surface area is 147 Å².